The molecule has 1 heterocycles. The molecule has 132 valence electrons. The summed E-state index contributed by atoms with van der Waals surface area (Å²) in [6, 6.07) is 4.79. The summed E-state index contributed by atoms with van der Waals surface area (Å²) in [5.41, 5.74) is 7.48. The highest BCUT2D eigenvalue weighted by atomic mass is 35.5. The number of nitrogens with two attached hydrogens (primary N) is 1. The number of rotatable bonds is 6. The smallest absolute Gasteiger partial charge is 0.237 e. The Morgan fingerprint density at radius 1 is 1.38 bits per heavy atom. The number of hydrogen-bond donors (Lipinski definition) is 3. The van der Waals surface area contributed by atoms with Crippen molar-refractivity contribution in [3.63, 3.8) is 0 Å². The lowest BCUT2D eigenvalue weighted by Crippen LogP contribution is -2.47. The fourth-order valence-electron chi connectivity index (χ4n) is 2.66. The first-order chi connectivity index (χ1) is 11.5. The molecule has 2 rings (SSSR count). The van der Waals surface area contributed by atoms with Crippen LogP contribution in [0.1, 0.15) is 24.8 Å². The van der Waals surface area contributed by atoms with Gasteiger partial charge in [0.15, 0.2) is 0 Å². The third-order valence-electron chi connectivity index (χ3n) is 4.27. The number of halogens is 1. The number of hydrogen-bond acceptors (Lipinski definition) is 4. The Labute approximate surface area is 147 Å². The van der Waals surface area contributed by atoms with Crippen LogP contribution in [0.25, 0.3) is 0 Å². The zero-order chi connectivity index (χ0) is 17.5. The van der Waals surface area contributed by atoms with Gasteiger partial charge in [-0.25, -0.2) is 0 Å². The van der Waals surface area contributed by atoms with E-state index in [0.717, 1.165) is 18.4 Å². The number of benzene rings is 1. The summed E-state index contributed by atoms with van der Waals surface area (Å²) in [4.78, 5) is 24.0. The van der Waals surface area contributed by atoms with Crippen LogP contribution >= 0.6 is 11.6 Å². The summed E-state index contributed by atoms with van der Waals surface area (Å²) < 4.78 is 5.27. The lowest BCUT2D eigenvalue weighted by atomic mass is 9.92. The molecule has 1 unspecified atom stereocenters. The minimum atomic E-state index is -0.549. The van der Waals surface area contributed by atoms with Gasteiger partial charge in [0.2, 0.25) is 11.8 Å². The molecule has 1 aliphatic heterocycles. The maximum absolute atomic E-state index is 12.1. The maximum atomic E-state index is 12.1. The third-order valence-corrected chi connectivity index (χ3v) is 4.68. The summed E-state index contributed by atoms with van der Waals surface area (Å²) in [6.07, 6.45) is 1.77. The molecule has 1 fully saturated rings. The second-order valence-corrected chi connectivity index (χ2v) is 6.38. The quantitative estimate of drug-likeness (QED) is 0.727. The van der Waals surface area contributed by atoms with Crippen molar-refractivity contribution in [2.75, 3.05) is 25.1 Å². The summed E-state index contributed by atoms with van der Waals surface area (Å²) in [5, 5.41) is 6.13. The number of anilines is 1. The monoisotopic (exact) mass is 353 g/mol. The summed E-state index contributed by atoms with van der Waals surface area (Å²) in [6.45, 7) is 3.38. The average Bonchev–Trinajstić information content (AvgIpc) is 2.59. The molecule has 0 bridgehead atoms. The van der Waals surface area contributed by atoms with E-state index in [9.17, 15) is 9.59 Å². The Hall–Kier alpha value is -1.63. The Morgan fingerprint density at radius 2 is 2.08 bits per heavy atom. The fourth-order valence-corrected chi connectivity index (χ4v) is 2.84. The van der Waals surface area contributed by atoms with Crippen LogP contribution in [0, 0.1) is 12.8 Å². The van der Waals surface area contributed by atoms with Gasteiger partial charge in [-0.05, 0) is 43.4 Å². The van der Waals surface area contributed by atoms with Crippen LogP contribution in [-0.4, -0.2) is 37.6 Å². The highest BCUT2D eigenvalue weighted by molar-refractivity contribution is 6.31. The van der Waals surface area contributed by atoms with E-state index in [2.05, 4.69) is 10.6 Å². The maximum Gasteiger partial charge on any atom is 0.237 e. The van der Waals surface area contributed by atoms with Gasteiger partial charge in [0.25, 0.3) is 0 Å². The van der Waals surface area contributed by atoms with Gasteiger partial charge in [0.05, 0.1) is 6.04 Å². The molecular weight excluding hydrogens is 330 g/mol. The van der Waals surface area contributed by atoms with E-state index >= 15 is 0 Å². The van der Waals surface area contributed by atoms with Crippen molar-refractivity contribution in [3.05, 3.63) is 28.8 Å². The van der Waals surface area contributed by atoms with Gasteiger partial charge in [-0.2, -0.15) is 0 Å². The normalized spacial score (nSPS) is 16.5. The summed E-state index contributed by atoms with van der Waals surface area (Å²) in [7, 11) is 0. The summed E-state index contributed by atoms with van der Waals surface area (Å²) >= 11 is 6.02. The van der Waals surface area contributed by atoms with Crippen LogP contribution in [0.4, 0.5) is 5.69 Å². The molecule has 0 spiro atoms. The molecule has 0 radical (unpaired) electrons. The topological polar surface area (TPSA) is 93.5 Å². The second-order valence-electron chi connectivity index (χ2n) is 5.98. The van der Waals surface area contributed by atoms with E-state index in [1.807, 2.05) is 6.92 Å². The van der Waals surface area contributed by atoms with Gasteiger partial charge >= 0.3 is 0 Å². The zero-order valence-corrected chi connectivity index (χ0v) is 14.6. The number of carbonyl (C=O) groups is 2. The minimum absolute atomic E-state index is 0.140. The number of carbonyl (C=O) groups excluding carboxylic acids is 2. The van der Waals surface area contributed by atoms with Crippen molar-refractivity contribution < 1.29 is 14.3 Å². The van der Waals surface area contributed by atoms with Crippen molar-refractivity contribution in [2.24, 2.45) is 11.7 Å². The molecule has 1 aromatic carbocycles. The Bertz CT molecular complexity index is 588. The van der Waals surface area contributed by atoms with Crippen LogP contribution in [0.3, 0.4) is 0 Å². The largest absolute Gasteiger partial charge is 0.381 e. The number of nitrogens with one attached hydrogen (secondary N) is 2. The SMILES string of the molecule is Cc1c(Cl)cccc1NC(=O)CCNC(=O)C(N)C1CCOCC1. The van der Waals surface area contributed by atoms with E-state index in [1.165, 1.54) is 0 Å². The first-order valence-electron chi connectivity index (χ1n) is 8.15. The molecule has 1 aliphatic rings. The van der Waals surface area contributed by atoms with Crippen molar-refractivity contribution in [2.45, 2.75) is 32.2 Å². The molecule has 1 atom stereocenters. The molecule has 24 heavy (non-hydrogen) atoms. The van der Waals surface area contributed by atoms with Crippen LogP contribution in [0.15, 0.2) is 18.2 Å². The van der Waals surface area contributed by atoms with Gasteiger partial charge in [-0.1, -0.05) is 17.7 Å². The summed E-state index contributed by atoms with van der Waals surface area (Å²) in [5.74, 6) is -0.254. The Kier molecular flexibility index (Phi) is 7.02. The highest BCUT2D eigenvalue weighted by Crippen LogP contribution is 2.23. The van der Waals surface area contributed by atoms with Crippen LogP contribution < -0.4 is 16.4 Å². The standard InChI is InChI=1S/C17H24ClN3O3/c1-11-13(18)3-2-4-14(11)21-15(22)5-8-20-17(23)16(19)12-6-9-24-10-7-12/h2-4,12,16H,5-10,19H2,1H3,(H,20,23)(H,21,22). The first kappa shape index (κ1) is 18.7. The van der Waals surface area contributed by atoms with Crippen molar-refractivity contribution in [3.8, 4) is 0 Å². The van der Waals surface area contributed by atoms with Crippen molar-refractivity contribution in [1.29, 1.82) is 0 Å². The highest BCUT2D eigenvalue weighted by Gasteiger charge is 2.26. The molecule has 1 aromatic rings. The molecule has 2 amide bonds. The van der Waals surface area contributed by atoms with Gasteiger partial charge in [0.1, 0.15) is 0 Å². The van der Waals surface area contributed by atoms with Crippen LogP contribution in [0.5, 0.6) is 0 Å². The predicted octanol–water partition coefficient (Wildman–Crippen LogP) is 1.85. The third kappa shape index (κ3) is 5.19. The zero-order valence-electron chi connectivity index (χ0n) is 13.8. The van der Waals surface area contributed by atoms with E-state index in [4.69, 9.17) is 22.1 Å². The first-order valence-corrected chi connectivity index (χ1v) is 8.53. The lowest BCUT2D eigenvalue weighted by molar-refractivity contribution is -0.124. The average molecular weight is 354 g/mol. The molecule has 0 aliphatic carbocycles. The Balaban J connectivity index is 1.73. The molecule has 6 nitrogen and oxygen atoms in total. The van der Waals surface area contributed by atoms with E-state index < -0.39 is 6.04 Å². The molecule has 7 heteroatoms. The van der Waals surface area contributed by atoms with Gasteiger partial charge in [-0.3, -0.25) is 9.59 Å². The number of ether oxygens (including phenoxy) is 1. The number of amides is 2. The molecular formula is C17H24ClN3O3. The lowest BCUT2D eigenvalue weighted by Gasteiger charge is -2.26. The van der Waals surface area contributed by atoms with E-state index in [-0.39, 0.29) is 30.7 Å². The molecule has 1 saturated heterocycles. The van der Waals surface area contributed by atoms with Gasteiger partial charge in [-0.15, -0.1) is 0 Å². The molecule has 0 aromatic heterocycles. The van der Waals surface area contributed by atoms with Crippen molar-refractivity contribution in [1.82, 2.24) is 5.32 Å². The Morgan fingerprint density at radius 3 is 2.79 bits per heavy atom. The van der Waals surface area contributed by atoms with E-state index in [0.29, 0.717) is 23.9 Å². The molecule has 4 N–H and O–H groups in total. The fraction of sp³-hybridized carbons (Fsp3) is 0.529. The van der Waals surface area contributed by atoms with Gasteiger partial charge < -0.3 is 21.1 Å². The van der Waals surface area contributed by atoms with Gasteiger partial charge in [0, 0.05) is 36.9 Å². The van der Waals surface area contributed by atoms with E-state index in [1.54, 1.807) is 18.2 Å². The predicted molar refractivity (Wildman–Crippen MR) is 94.0 cm³/mol. The second kappa shape index (κ2) is 9.01. The minimum Gasteiger partial charge on any atom is -0.381 e. The van der Waals surface area contributed by atoms with Crippen molar-refractivity contribution >= 4 is 29.1 Å². The van der Waals surface area contributed by atoms with Crippen LogP contribution in [0.2, 0.25) is 5.02 Å². The van der Waals surface area contributed by atoms with Crippen LogP contribution in [-0.2, 0) is 14.3 Å². The molecule has 0 saturated carbocycles.